The summed E-state index contributed by atoms with van der Waals surface area (Å²) in [6.07, 6.45) is 6.87. The van der Waals surface area contributed by atoms with Gasteiger partial charge in [0.1, 0.15) is 0 Å². The summed E-state index contributed by atoms with van der Waals surface area (Å²) in [6.45, 7) is 1.45. The zero-order valence-electron chi connectivity index (χ0n) is 7.63. The third-order valence-corrected chi connectivity index (χ3v) is 3.60. The SMILES string of the molecule is OCC1NCCC2CCCCC21. The fraction of sp³-hybridized carbons (Fsp3) is 1.00. The van der Waals surface area contributed by atoms with E-state index in [1.807, 2.05) is 0 Å². The second kappa shape index (κ2) is 3.75. The summed E-state index contributed by atoms with van der Waals surface area (Å²) in [6, 6.07) is 0.407. The van der Waals surface area contributed by atoms with Gasteiger partial charge in [0.05, 0.1) is 6.61 Å². The first-order valence-corrected chi connectivity index (χ1v) is 5.26. The standard InChI is InChI=1S/C10H19NO/c12-7-10-9-4-2-1-3-8(9)5-6-11-10/h8-12H,1-7H2. The van der Waals surface area contributed by atoms with E-state index in [0.29, 0.717) is 12.6 Å². The van der Waals surface area contributed by atoms with E-state index in [4.69, 9.17) is 5.11 Å². The van der Waals surface area contributed by atoms with Crippen LogP contribution in [0.4, 0.5) is 0 Å². The number of nitrogens with one attached hydrogen (secondary N) is 1. The van der Waals surface area contributed by atoms with Crippen molar-refractivity contribution in [1.29, 1.82) is 0 Å². The number of piperidine rings is 1. The Kier molecular flexibility index (Phi) is 2.66. The highest BCUT2D eigenvalue weighted by atomic mass is 16.3. The van der Waals surface area contributed by atoms with E-state index in [2.05, 4.69) is 5.32 Å². The number of aliphatic hydroxyl groups is 1. The Bertz CT molecular complexity index is 140. The molecule has 2 N–H and O–H groups in total. The molecule has 0 aromatic rings. The van der Waals surface area contributed by atoms with Crippen LogP contribution in [0.5, 0.6) is 0 Å². The summed E-state index contributed by atoms with van der Waals surface area (Å²) >= 11 is 0. The van der Waals surface area contributed by atoms with Crippen LogP contribution in [0.1, 0.15) is 32.1 Å². The van der Waals surface area contributed by atoms with Crippen LogP contribution in [-0.2, 0) is 0 Å². The molecule has 2 aliphatic rings. The van der Waals surface area contributed by atoms with E-state index in [1.54, 1.807) is 0 Å². The van der Waals surface area contributed by atoms with Crippen molar-refractivity contribution in [2.75, 3.05) is 13.2 Å². The number of aliphatic hydroxyl groups excluding tert-OH is 1. The minimum atomic E-state index is 0.334. The van der Waals surface area contributed by atoms with Gasteiger partial charge >= 0.3 is 0 Å². The molecule has 2 nitrogen and oxygen atoms in total. The van der Waals surface area contributed by atoms with Crippen LogP contribution in [0.15, 0.2) is 0 Å². The lowest BCUT2D eigenvalue weighted by Gasteiger charge is -2.41. The van der Waals surface area contributed by atoms with E-state index < -0.39 is 0 Å². The minimum Gasteiger partial charge on any atom is -0.395 e. The first-order valence-electron chi connectivity index (χ1n) is 5.26. The first-order chi connectivity index (χ1) is 5.92. The molecule has 3 atom stereocenters. The topological polar surface area (TPSA) is 32.3 Å². The van der Waals surface area contributed by atoms with Crippen LogP contribution < -0.4 is 5.32 Å². The van der Waals surface area contributed by atoms with Crippen LogP contribution in [-0.4, -0.2) is 24.3 Å². The number of hydrogen-bond donors (Lipinski definition) is 2. The molecule has 1 aliphatic heterocycles. The fourth-order valence-electron chi connectivity index (χ4n) is 2.93. The summed E-state index contributed by atoms with van der Waals surface area (Å²) in [5.41, 5.74) is 0. The lowest BCUT2D eigenvalue weighted by atomic mass is 9.72. The smallest absolute Gasteiger partial charge is 0.0587 e. The van der Waals surface area contributed by atoms with Crippen LogP contribution in [0.3, 0.4) is 0 Å². The van der Waals surface area contributed by atoms with E-state index in [1.165, 1.54) is 32.1 Å². The number of hydrogen-bond acceptors (Lipinski definition) is 2. The number of rotatable bonds is 1. The van der Waals surface area contributed by atoms with Gasteiger partial charge in [-0.3, -0.25) is 0 Å². The van der Waals surface area contributed by atoms with Gasteiger partial charge in [-0.25, -0.2) is 0 Å². The quantitative estimate of drug-likeness (QED) is 0.617. The Morgan fingerprint density at radius 1 is 1.17 bits per heavy atom. The van der Waals surface area contributed by atoms with Crippen molar-refractivity contribution in [3.8, 4) is 0 Å². The van der Waals surface area contributed by atoms with Gasteiger partial charge < -0.3 is 10.4 Å². The summed E-state index contributed by atoms with van der Waals surface area (Å²) in [7, 11) is 0. The lowest BCUT2D eigenvalue weighted by Crippen LogP contribution is -2.49. The molecule has 2 fully saturated rings. The van der Waals surface area contributed by atoms with Crippen molar-refractivity contribution in [1.82, 2.24) is 5.32 Å². The van der Waals surface area contributed by atoms with Gasteiger partial charge in [0, 0.05) is 6.04 Å². The van der Waals surface area contributed by atoms with Crippen molar-refractivity contribution >= 4 is 0 Å². The summed E-state index contributed by atoms with van der Waals surface area (Å²) < 4.78 is 0. The summed E-state index contributed by atoms with van der Waals surface area (Å²) in [5, 5.41) is 12.6. The lowest BCUT2D eigenvalue weighted by molar-refractivity contribution is 0.0919. The monoisotopic (exact) mass is 169 g/mol. The van der Waals surface area contributed by atoms with Crippen molar-refractivity contribution in [2.45, 2.75) is 38.1 Å². The molecule has 70 valence electrons. The Morgan fingerprint density at radius 2 is 2.00 bits per heavy atom. The highest BCUT2D eigenvalue weighted by Crippen LogP contribution is 2.36. The maximum Gasteiger partial charge on any atom is 0.0587 e. The van der Waals surface area contributed by atoms with E-state index in [9.17, 15) is 0 Å². The fourth-order valence-corrected chi connectivity index (χ4v) is 2.93. The Labute approximate surface area is 74.4 Å². The third kappa shape index (κ3) is 1.50. The molecule has 1 saturated heterocycles. The van der Waals surface area contributed by atoms with Crippen LogP contribution >= 0.6 is 0 Å². The molecule has 1 heterocycles. The van der Waals surface area contributed by atoms with E-state index in [0.717, 1.165) is 18.4 Å². The number of fused-ring (bicyclic) bond motifs is 1. The zero-order chi connectivity index (χ0) is 8.39. The van der Waals surface area contributed by atoms with Crippen molar-refractivity contribution < 1.29 is 5.11 Å². The average Bonchev–Trinajstić information content (AvgIpc) is 2.17. The molecule has 12 heavy (non-hydrogen) atoms. The molecule has 0 amide bonds. The van der Waals surface area contributed by atoms with E-state index in [-0.39, 0.29) is 0 Å². The molecule has 0 bridgehead atoms. The molecule has 0 aromatic carbocycles. The van der Waals surface area contributed by atoms with Gasteiger partial charge in [0.25, 0.3) is 0 Å². The molecular formula is C10H19NO. The minimum absolute atomic E-state index is 0.334. The maximum absolute atomic E-state index is 9.17. The normalized spacial score (nSPS) is 42.2. The van der Waals surface area contributed by atoms with Gasteiger partial charge in [0.2, 0.25) is 0 Å². The highest BCUT2D eigenvalue weighted by molar-refractivity contribution is 4.88. The largest absolute Gasteiger partial charge is 0.395 e. The molecule has 0 radical (unpaired) electrons. The Balaban J connectivity index is 1.99. The maximum atomic E-state index is 9.17. The van der Waals surface area contributed by atoms with Gasteiger partial charge in [-0.1, -0.05) is 19.3 Å². The molecule has 0 spiro atoms. The van der Waals surface area contributed by atoms with Gasteiger partial charge in [-0.2, -0.15) is 0 Å². The van der Waals surface area contributed by atoms with Crippen LogP contribution in [0, 0.1) is 11.8 Å². The van der Waals surface area contributed by atoms with E-state index >= 15 is 0 Å². The molecule has 1 aliphatic carbocycles. The molecule has 2 rings (SSSR count). The van der Waals surface area contributed by atoms with Crippen molar-refractivity contribution in [3.63, 3.8) is 0 Å². The van der Waals surface area contributed by atoms with Crippen LogP contribution in [0.25, 0.3) is 0 Å². The second-order valence-electron chi connectivity index (χ2n) is 4.24. The first kappa shape index (κ1) is 8.52. The van der Waals surface area contributed by atoms with Gasteiger partial charge in [0.15, 0.2) is 0 Å². The van der Waals surface area contributed by atoms with Crippen molar-refractivity contribution in [2.24, 2.45) is 11.8 Å². The molecular weight excluding hydrogens is 150 g/mol. The second-order valence-corrected chi connectivity index (χ2v) is 4.24. The summed E-state index contributed by atoms with van der Waals surface area (Å²) in [4.78, 5) is 0. The molecule has 2 heteroatoms. The van der Waals surface area contributed by atoms with Crippen LogP contribution in [0.2, 0.25) is 0 Å². The Morgan fingerprint density at radius 3 is 2.83 bits per heavy atom. The molecule has 0 aromatic heterocycles. The van der Waals surface area contributed by atoms with Gasteiger partial charge in [-0.05, 0) is 31.2 Å². The average molecular weight is 169 g/mol. The molecule has 3 unspecified atom stereocenters. The molecule has 1 saturated carbocycles. The third-order valence-electron chi connectivity index (χ3n) is 3.60. The highest BCUT2D eigenvalue weighted by Gasteiger charge is 2.33. The predicted molar refractivity (Wildman–Crippen MR) is 48.9 cm³/mol. The van der Waals surface area contributed by atoms with Gasteiger partial charge in [-0.15, -0.1) is 0 Å². The summed E-state index contributed by atoms with van der Waals surface area (Å²) in [5.74, 6) is 1.69. The van der Waals surface area contributed by atoms with Crippen molar-refractivity contribution in [3.05, 3.63) is 0 Å². The Hall–Kier alpha value is -0.0800. The predicted octanol–water partition coefficient (Wildman–Crippen LogP) is 1.15. The zero-order valence-corrected chi connectivity index (χ0v) is 7.63.